The summed E-state index contributed by atoms with van der Waals surface area (Å²) < 4.78 is 13.6. The summed E-state index contributed by atoms with van der Waals surface area (Å²) >= 11 is 8.67. The van der Waals surface area contributed by atoms with E-state index in [4.69, 9.17) is 11.6 Å². The predicted octanol–water partition coefficient (Wildman–Crippen LogP) is 3.40. The molecule has 1 aromatic carbocycles. The second kappa shape index (κ2) is 4.20. The molecule has 0 spiro atoms. The molecule has 1 nitrogen and oxygen atoms in total. The fourth-order valence-electron chi connectivity index (χ4n) is 0.932. The van der Waals surface area contributed by atoms with Crippen LogP contribution in [0.2, 0.25) is 0 Å². The molecule has 1 aromatic rings. The van der Waals surface area contributed by atoms with Crippen molar-refractivity contribution in [1.29, 1.82) is 0 Å². The van der Waals surface area contributed by atoms with Gasteiger partial charge < -0.3 is 0 Å². The van der Waals surface area contributed by atoms with Crippen molar-refractivity contribution in [2.75, 3.05) is 0 Å². The monoisotopic (exact) mass is 264 g/mol. The predicted molar refractivity (Wildman–Crippen MR) is 53.7 cm³/mol. The molecule has 1 rings (SSSR count). The minimum atomic E-state index is -0.715. The van der Waals surface area contributed by atoms with Gasteiger partial charge >= 0.3 is 0 Å². The summed E-state index contributed by atoms with van der Waals surface area (Å²) in [4.78, 5) is 11.4. The number of Topliss-reactive ketones (excluding diaryl/α,β-unsaturated/α-hetero) is 1. The minimum Gasteiger partial charge on any atom is -0.292 e. The number of carbonyl (C=O) groups is 1. The Bertz CT molecular complexity index is 318. The summed E-state index contributed by atoms with van der Waals surface area (Å²) in [7, 11) is 0. The topological polar surface area (TPSA) is 17.1 Å². The van der Waals surface area contributed by atoms with Gasteiger partial charge in [0.2, 0.25) is 0 Å². The van der Waals surface area contributed by atoms with E-state index < -0.39 is 17.0 Å². The Morgan fingerprint density at radius 3 is 2.69 bits per heavy atom. The van der Waals surface area contributed by atoms with Crippen molar-refractivity contribution < 1.29 is 9.18 Å². The SMILES string of the molecule is CC(Cl)C(=O)c1c(F)cccc1Br. The Morgan fingerprint density at radius 2 is 2.23 bits per heavy atom. The number of halogens is 3. The van der Waals surface area contributed by atoms with Crippen LogP contribution >= 0.6 is 27.5 Å². The molecular weight excluding hydrogens is 258 g/mol. The number of rotatable bonds is 2. The third kappa shape index (κ3) is 2.29. The molecule has 0 aliphatic rings. The summed E-state index contributed by atoms with van der Waals surface area (Å²) in [6, 6.07) is 4.36. The second-order valence-corrected chi connectivity index (χ2v) is 4.09. The first-order valence-corrected chi connectivity index (χ1v) is 4.89. The highest BCUT2D eigenvalue weighted by Gasteiger charge is 2.19. The van der Waals surface area contributed by atoms with Gasteiger partial charge in [0.05, 0.1) is 10.9 Å². The lowest BCUT2D eigenvalue weighted by atomic mass is 10.1. The molecule has 4 heteroatoms. The molecule has 0 aliphatic heterocycles. The van der Waals surface area contributed by atoms with Gasteiger partial charge in [-0.1, -0.05) is 6.07 Å². The van der Waals surface area contributed by atoms with Crippen LogP contribution in [0.3, 0.4) is 0 Å². The van der Waals surface area contributed by atoms with Crippen LogP contribution in [-0.2, 0) is 0 Å². The largest absolute Gasteiger partial charge is 0.292 e. The number of carbonyl (C=O) groups excluding carboxylic acids is 1. The van der Waals surface area contributed by atoms with E-state index in [0.717, 1.165) is 0 Å². The van der Waals surface area contributed by atoms with Gasteiger partial charge in [-0.3, -0.25) is 4.79 Å². The molecule has 0 aromatic heterocycles. The van der Waals surface area contributed by atoms with Crippen molar-refractivity contribution in [2.45, 2.75) is 12.3 Å². The van der Waals surface area contributed by atoms with Gasteiger partial charge in [-0.05, 0) is 35.0 Å². The van der Waals surface area contributed by atoms with Gasteiger partial charge in [-0.25, -0.2) is 4.39 Å². The summed E-state index contributed by atoms with van der Waals surface area (Å²) in [6.45, 7) is 1.52. The van der Waals surface area contributed by atoms with Crippen molar-refractivity contribution in [2.24, 2.45) is 0 Å². The summed E-state index contributed by atoms with van der Waals surface area (Å²) in [6.07, 6.45) is 0. The molecule has 0 N–H and O–H groups in total. The first kappa shape index (κ1) is 10.7. The molecule has 13 heavy (non-hydrogen) atoms. The lowest BCUT2D eigenvalue weighted by molar-refractivity contribution is 0.0987. The van der Waals surface area contributed by atoms with E-state index in [2.05, 4.69) is 15.9 Å². The van der Waals surface area contributed by atoms with Crippen LogP contribution in [0.25, 0.3) is 0 Å². The average Bonchev–Trinajstić information content (AvgIpc) is 2.03. The van der Waals surface area contributed by atoms with Crippen molar-refractivity contribution in [1.82, 2.24) is 0 Å². The third-order valence-corrected chi connectivity index (χ3v) is 2.43. The number of hydrogen-bond donors (Lipinski definition) is 0. The van der Waals surface area contributed by atoms with Crippen LogP contribution in [0.5, 0.6) is 0 Å². The lowest BCUT2D eigenvalue weighted by Gasteiger charge is -2.05. The summed E-state index contributed by atoms with van der Waals surface area (Å²) in [5, 5.41) is -0.715. The molecule has 0 bridgehead atoms. The first-order chi connectivity index (χ1) is 6.04. The molecule has 1 atom stereocenters. The zero-order valence-electron chi connectivity index (χ0n) is 6.85. The Labute approximate surface area is 89.0 Å². The number of benzene rings is 1. The first-order valence-electron chi connectivity index (χ1n) is 3.66. The Balaban J connectivity index is 3.20. The lowest BCUT2D eigenvalue weighted by Crippen LogP contribution is -2.13. The molecule has 0 heterocycles. The highest BCUT2D eigenvalue weighted by molar-refractivity contribution is 9.10. The highest BCUT2D eigenvalue weighted by atomic mass is 79.9. The van der Waals surface area contributed by atoms with Crippen LogP contribution in [0, 0.1) is 5.82 Å². The molecule has 70 valence electrons. The van der Waals surface area contributed by atoms with Gasteiger partial charge in [0.25, 0.3) is 0 Å². The average molecular weight is 266 g/mol. The van der Waals surface area contributed by atoms with E-state index in [1.54, 1.807) is 6.07 Å². The van der Waals surface area contributed by atoms with Crippen molar-refractivity contribution in [3.8, 4) is 0 Å². The standard InChI is InChI=1S/C9H7BrClFO/c1-5(11)9(13)8-6(10)3-2-4-7(8)12/h2-5H,1H3. The molecule has 0 aliphatic carbocycles. The Morgan fingerprint density at radius 1 is 1.62 bits per heavy atom. The van der Waals surface area contributed by atoms with Crippen LogP contribution in [0.4, 0.5) is 4.39 Å². The normalized spacial score (nSPS) is 12.6. The highest BCUT2D eigenvalue weighted by Crippen LogP contribution is 2.22. The fraction of sp³-hybridized carbons (Fsp3) is 0.222. The zero-order chi connectivity index (χ0) is 10.0. The van der Waals surface area contributed by atoms with Crippen molar-refractivity contribution in [3.63, 3.8) is 0 Å². The maximum absolute atomic E-state index is 13.2. The van der Waals surface area contributed by atoms with Crippen LogP contribution in [-0.4, -0.2) is 11.2 Å². The van der Waals surface area contributed by atoms with Crippen molar-refractivity contribution >= 4 is 33.3 Å². The number of ketones is 1. The van der Waals surface area contributed by atoms with Gasteiger partial charge in [0.1, 0.15) is 5.82 Å². The maximum Gasteiger partial charge on any atom is 0.184 e. The van der Waals surface area contributed by atoms with Crippen molar-refractivity contribution in [3.05, 3.63) is 34.1 Å². The zero-order valence-corrected chi connectivity index (χ0v) is 9.19. The van der Waals surface area contributed by atoms with Crippen LogP contribution in [0.1, 0.15) is 17.3 Å². The molecule has 0 amide bonds. The van der Waals surface area contributed by atoms with Gasteiger partial charge in [0.15, 0.2) is 5.78 Å². The summed E-state index contributed by atoms with van der Waals surface area (Å²) in [5.74, 6) is -0.960. The van der Waals surface area contributed by atoms with Gasteiger partial charge in [0, 0.05) is 4.47 Å². The number of alkyl halides is 1. The fourth-order valence-corrected chi connectivity index (χ4v) is 1.58. The molecule has 0 saturated heterocycles. The van der Waals surface area contributed by atoms with E-state index in [9.17, 15) is 9.18 Å². The Hall–Kier alpha value is -0.410. The molecule has 0 saturated carbocycles. The molecule has 1 unspecified atom stereocenters. The molecule has 0 fully saturated rings. The van der Waals surface area contributed by atoms with E-state index in [1.807, 2.05) is 0 Å². The minimum absolute atomic E-state index is 0.0185. The van der Waals surface area contributed by atoms with Gasteiger partial charge in [-0.2, -0.15) is 0 Å². The van der Waals surface area contributed by atoms with Crippen LogP contribution < -0.4 is 0 Å². The summed E-state index contributed by atoms with van der Waals surface area (Å²) in [5.41, 5.74) is 0.0185. The van der Waals surface area contributed by atoms with Crippen LogP contribution in [0.15, 0.2) is 22.7 Å². The second-order valence-electron chi connectivity index (χ2n) is 2.58. The van der Waals surface area contributed by atoms with E-state index in [0.29, 0.717) is 4.47 Å². The van der Waals surface area contributed by atoms with E-state index in [-0.39, 0.29) is 5.56 Å². The quantitative estimate of drug-likeness (QED) is 0.592. The molecular formula is C9H7BrClFO. The smallest absolute Gasteiger partial charge is 0.184 e. The molecule has 0 radical (unpaired) electrons. The maximum atomic E-state index is 13.2. The van der Waals surface area contributed by atoms with E-state index >= 15 is 0 Å². The Kier molecular flexibility index (Phi) is 3.45. The number of hydrogen-bond acceptors (Lipinski definition) is 1. The van der Waals surface area contributed by atoms with Gasteiger partial charge in [-0.15, -0.1) is 11.6 Å². The van der Waals surface area contributed by atoms with E-state index in [1.165, 1.54) is 19.1 Å². The third-order valence-electron chi connectivity index (χ3n) is 1.57.